The molecule has 0 bridgehead atoms. The number of fused-ring (bicyclic) bond motifs is 1. The highest BCUT2D eigenvalue weighted by Crippen LogP contribution is 2.27. The fourth-order valence-electron chi connectivity index (χ4n) is 2.95. The predicted octanol–water partition coefficient (Wildman–Crippen LogP) is 3.83. The molecule has 2 heterocycles. The summed E-state index contributed by atoms with van der Waals surface area (Å²) < 4.78 is 47.5. The van der Waals surface area contributed by atoms with E-state index in [4.69, 9.17) is 4.74 Å². The first-order chi connectivity index (χ1) is 14.9. The summed E-state index contributed by atoms with van der Waals surface area (Å²) in [6.45, 7) is 0.351. The van der Waals surface area contributed by atoms with Crippen molar-refractivity contribution in [3.05, 3.63) is 77.5 Å². The first-order valence-corrected chi connectivity index (χ1v) is 9.15. The van der Waals surface area contributed by atoms with E-state index in [1.54, 1.807) is 42.9 Å². The quantitative estimate of drug-likeness (QED) is 0.465. The van der Waals surface area contributed by atoms with Gasteiger partial charge in [-0.05, 0) is 35.4 Å². The van der Waals surface area contributed by atoms with Crippen LogP contribution in [0.5, 0.6) is 11.8 Å². The Labute approximate surface area is 173 Å². The number of halogens is 3. The summed E-state index contributed by atoms with van der Waals surface area (Å²) in [5.41, 5.74) is 1.01. The SMILES string of the molecule is O=c1c2cc(-c3ccc(OC(F)(F)F)cc3)ccc2cnn1CCOc1ncccn1. The normalized spacial score (nSPS) is 11.5. The van der Waals surface area contributed by atoms with Crippen molar-refractivity contribution in [3.63, 3.8) is 0 Å². The molecular weight excluding hydrogens is 413 g/mol. The molecule has 4 aromatic rings. The number of ether oxygens (including phenoxy) is 2. The minimum absolute atomic E-state index is 0.156. The van der Waals surface area contributed by atoms with Crippen LogP contribution in [0.1, 0.15) is 0 Å². The fourth-order valence-corrected chi connectivity index (χ4v) is 2.95. The molecule has 0 aliphatic rings. The van der Waals surface area contributed by atoms with Crippen LogP contribution in [-0.4, -0.2) is 32.7 Å². The van der Waals surface area contributed by atoms with E-state index in [1.807, 2.05) is 0 Å². The summed E-state index contributed by atoms with van der Waals surface area (Å²) in [4.78, 5) is 20.7. The van der Waals surface area contributed by atoms with Gasteiger partial charge in [0.1, 0.15) is 12.4 Å². The van der Waals surface area contributed by atoms with Gasteiger partial charge < -0.3 is 9.47 Å². The molecule has 31 heavy (non-hydrogen) atoms. The van der Waals surface area contributed by atoms with Crippen molar-refractivity contribution in [1.29, 1.82) is 0 Å². The molecule has 158 valence electrons. The lowest BCUT2D eigenvalue weighted by molar-refractivity contribution is -0.274. The zero-order valence-electron chi connectivity index (χ0n) is 15.9. The van der Waals surface area contributed by atoms with Crippen LogP contribution in [-0.2, 0) is 6.54 Å². The maximum absolute atomic E-state index is 12.8. The molecule has 2 aromatic heterocycles. The molecule has 0 N–H and O–H groups in total. The minimum Gasteiger partial charge on any atom is -0.461 e. The zero-order chi connectivity index (χ0) is 21.8. The van der Waals surface area contributed by atoms with Gasteiger partial charge in [-0.2, -0.15) is 5.10 Å². The van der Waals surface area contributed by atoms with Crippen LogP contribution in [0.2, 0.25) is 0 Å². The van der Waals surface area contributed by atoms with Crippen LogP contribution in [0.15, 0.2) is 71.9 Å². The fraction of sp³-hybridized carbons (Fsp3) is 0.143. The highest BCUT2D eigenvalue weighted by Gasteiger charge is 2.30. The Morgan fingerprint density at radius 3 is 2.39 bits per heavy atom. The summed E-state index contributed by atoms with van der Waals surface area (Å²) in [6.07, 6.45) is -0.0864. The lowest BCUT2D eigenvalue weighted by atomic mass is 10.0. The van der Waals surface area contributed by atoms with Gasteiger partial charge in [-0.15, -0.1) is 13.2 Å². The Bertz CT molecular complexity index is 1240. The first kappa shape index (κ1) is 20.3. The van der Waals surface area contributed by atoms with Crippen LogP contribution < -0.4 is 15.0 Å². The Kier molecular flexibility index (Phi) is 5.52. The van der Waals surface area contributed by atoms with E-state index < -0.39 is 6.36 Å². The van der Waals surface area contributed by atoms with Gasteiger partial charge in [0, 0.05) is 17.8 Å². The molecular formula is C21H15F3N4O3. The van der Waals surface area contributed by atoms with Gasteiger partial charge in [-0.3, -0.25) is 4.79 Å². The van der Waals surface area contributed by atoms with E-state index in [2.05, 4.69) is 19.8 Å². The van der Waals surface area contributed by atoms with Crippen molar-refractivity contribution in [2.24, 2.45) is 0 Å². The second-order valence-corrected chi connectivity index (χ2v) is 6.43. The molecule has 2 aromatic carbocycles. The van der Waals surface area contributed by atoms with E-state index in [0.29, 0.717) is 21.9 Å². The lowest BCUT2D eigenvalue weighted by Gasteiger charge is -2.10. The molecule has 0 spiro atoms. The van der Waals surface area contributed by atoms with Crippen molar-refractivity contribution in [2.75, 3.05) is 6.61 Å². The van der Waals surface area contributed by atoms with Crippen LogP contribution in [0.4, 0.5) is 13.2 Å². The summed E-state index contributed by atoms with van der Waals surface area (Å²) in [5.74, 6) is -0.314. The van der Waals surface area contributed by atoms with Crippen molar-refractivity contribution in [3.8, 4) is 22.9 Å². The number of rotatable bonds is 6. The van der Waals surface area contributed by atoms with Crippen molar-refractivity contribution in [1.82, 2.24) is 19.7 Å². The average Bonchev–Trinajstić information content (AvgIpc) is 2.75. The van der Waals surface area contributed by atoms with Gasteiger partial charge in [0.15, 0.2) is 0 Å². The van der Waals surface area contributed by atoms with Crippen LogP contribution >= 0.6 is 0 Å². The number of aromatic nitrogens is 4. The molecule has 0 unspecified atom stereocenters. The molecule has 0 aliphatic carbocycles. The zero-order valence-corrected chi connectivity index (χ0v) is 15.9. The largest absolute Gasteiger partial charge is 0.573 e. The molecule has 0 saturated heterocycles. The molecule has 0 atom stereocenters. The Balaban J connectivity index is 1.55. The van der Waals surface area contributed by atoms with E-state index in [9.17, 15) is 18.0 Å². The molecule has 4 rings (SSSR count). The molecule has 10 heteroatoms. The predicted molar refractivity (Wildman–Crippen MR) is 106 cm³/mol. The highest BCUT2D eigenvalue weighted by atomic mass is 19.4. The second-order valence-electron chi connectivity index (χ2n) is 6.43. The number of nitrogens with zero attached hydrogens (tertiary/aromatic N) is 4. The van der Waals surface area contributed by atoms with Crippen LogP contribution in [0.25, 0.3) is 21.9 Å². The molecule has 0 radical (unpaired) electrons. The lowest BCUT2D eigenvalue weighted by Crippen LogP contribution is -2.25. The van der Waals surface area contributed by atoms with Crippen molar-refractivity contribution < 1.29 is 22.6 Å². The van der Waals surface area contributed by atoms with E-state index in [-0.39, 0.29) is 30.5 Å². The molecule has 0 amide bonds. The van der Waals surface area contributed by atoms with Crippen molar-refractivity contribution in [2.45, 2.75) is 12.9 Å². The number of hydrogen-bond donors (Lipinski definition) is 0. The highest BCUT2D eigenvalue weighted by molar-refractivity contribution is 5.86. The van der Waals surface area contributed by atoms with Gasteiger partial charge >= 0.3 is 12.4 Å². The van der Waals surface area contributed by atoms with Crippen LogP contribution in [0.3, 0.4) is 0 Å². The number of alkyl halides is 3. The summed E-state index contributed by atoms with van der Waals surface area (Å²) in [5, 5.41) is 5.22. The van der Waals surface area contributed by atoms with E-state index >= 15 is 0 Å². The maximum atomic E-state index is 12.8. The van der Waals surface area contributed by atoms with Crippen molar-refractivity contribution >= 4 is 10.8 Å². The van der Waals surface area contributed by atoms with Gasteiger partial charge in [0.2, 0.25) is 0 Å². The monoisotopic (exact) mass is 428 g/mol. The third-order valence-electron chi connectivity index (χ3n) is 4.35. The summed E-state index contributed by atoms with van der Waals surface area (Å²) >= 11 is 0. The molecule has 0 aliphatic heterocycles. The number of hydrogen-bond acceptors (Lipinski definition) is 6. The first-order valence-electron chi connectivity index (χ1n) is 9.15. The Morgan fingerprint density at radius 1 is 0.968 bits per heavy atom. The standard InChI is InChI=1S/C21H15F3N4O3/c22-21(23,24)31-17-6-4-14(5-7-17)15-2-3-16-13-27-28(19(29)18(16)12-15)10-11-30-20-25-8-1-9-26-20/h1-9,12-13H,10-11H2. The Morgan fingerprint density at radius 2 is 1.68 bits per heavy atom. The molecule has 0 saturated carbocycles. The second kappa shape index (κ2) is 8.42. The third-order valence-corrected chi connectivity index (χ3v) is 4.35. The van der Waals surface area contributed by atoms with Gasteiger partial charge in [0.25, 0.3) is 5.56 Å². The summed E-state index contributed by atoms with van der Waals surface area (Å²) in [6, 6.07) is 12.5. The van der Waals surface area contributed by atoms with Gasteiger partial charge in [0.05, 0.1) is 18.1 Å². The maximum Gasteiger partial charge on any atom is 0.573 e. The van der Waals surface area contributed by atoms with Crippen LogP contribution in [0, 0.1) is 0 Å². The van der Waals surface area contributed by atoms with E-state index in [1.165, 1.54) is 28.9 Å². The van der Waals surface area contributed by atoms with Gasteiger partial charge in [-0.25, -0.2) is 14.6 Å². The third kappa shape index (κ3) is 4.97. The minimum atomic E-state index is -4.75. The van der Waals surface area contributed by atoms with E-state index in [0.717, 1.165) is 0 Å². The molecule has 7 nitrogen and oxygen atoms in total. The summed E-state index contributed by atoms with van der Waals surface area (Å²) in [7, 11) is 0. The molecule has 0 fully saturated rings. The topological polar surface area (TPSA) is 79.1 Å². The smallest absolute Gasteiger partial charge is 0.461 e. The number of benzene rings is 2. The average molecular weight is 428 g/mol. The Hall–Kier alpha value is -3.95. The van der Waals surface area contributed by atoms with Gasteiger partial charge in [-0.1, -0.05) is 24.3 Å².